The van der Waals surface area contributed by atoms with Gasteiger partial charge in [0.2, 0.25) is 0 Å². The number of hydrogen-bond donors (Lipinski definition) is 0. The van der Waals surface area contributed by atoms with E-state index in [0.717, 1.165) is 0 Å². The molecule has 0 unspecified atom stereocenters. The molecule has 23 heavy (non-hydrogen) atoms. The molecule has 2 aromatic rings. The third-order valence-corrected chi connectivity index (χ3v) is 2.83. The van der Waals surface area contributed by atoms with Gasteiger partial charge in [-0.15, -0.1) is 0 Å². The van der Waals surface area contributed by atoms with Gasteiger partial charge in [-0.3, -0.25) is 9.36 Å². The standard InChI is InChI=1S/C13H5F8NO/c14-8-3-7(13(19,20)21)4-9(15)11(8)22-2-1-6(5-10(22)23)12(16,17)18/h1-5H. The average molecular weight is 343 g/mol. The molecule has 0 spiro atoms. The summed E-state index contributed by atoms with van der Waals surface area (Å²) in [5, 5.41) is 0. The number of pyridine rings is 1. The van der Waals surface area contributed by atoms with Crippen molar-refractivity contribution in [2.45, 2.75) is 12.4 Å². The number of halogens is 8. The van der Waals surface area contributed by atoms with E-state index in [1.807, 2.05) is 0 Å². The molecule has 2 rings (SSSR count). The lowest BCUT2D eigenvalue weighted by molar-refractivity contribution is -0.138. The Morgan fingerprint density at radius 1 is 0.783 bits per heavy atom. The molecule has 0 N–H and O–H groups in total. The Hall–Kier alpha value is -2.39. The van der Waals surface area contributed by atoms with E-state index in [9.17, 15) is 39.9 Å². The van der Waals surface area contributed by atoms with Crippen molar-refractivity contribution in [1.82, 2.24) is 4.57 Å². The number of nitrogens with zero attached hydrogens (tertiary/aromatic N) is 1. The number of aromatic nitrogens is 1. The summed E-state index contributed by atoms with van der Waals surface area (Å²) in [4.78, 5) is 11.6. The molecule has 124 valence electrons. The van der Waals surface area contributed by atoms with Crippen molar-refractivity contribution in [3.8, 4) is 5.69 Å². The highest BCUT2D eigenvalue weighted by atomic mass is 19.4. The van der Waals surface area contributed by atoms with Crippen molar-refractivity contribution in [3.05, 3.63) is 63.6 Å². The van der Waals surface area contributed by atoms with Crippen LogP contribution in [0.3, 0.4) is 0 Å². The maximum Gasteiger partial charge on any atom is 0.416 e. The zero-order chi connectivity index (χ0) is 17.6. The highest BCUT2D eigenvalue weighted by molar-refractivity contribution is 5.40. The third-order valence-electron chi connectivity index (χ3n) is 2.83. The molecule has 1 aromatic carbocycles. The van der Waals surface area contributed by atoms with E-state index < -0.39 is 46.4 Å². The van der Waals surface area contributed by atoms with E-state index in [1.165, 1.54) is 0 Å². The van der Waals surface area contributed by atoms with Crippen LogP contribution in [0.1, 0.15) is 11.1 Å². The minimum atomic E-state index is -5.02. The second-order valence-corrected chi connectivity index (χ2v) is 4.41. The monoisotopic (exact) mass is 343 g/mol. The zero-order valence-corrected chi connectivity index (χ0v) is 10.8. The lowest BCUT2D eigenvalue weighted by Crippen LogP contribution is -2.22. The fourth-order valence-corrected chi connectivity index (χ4v) is 1.80. The first-order valence-electron chi connectivity index (χ1n) is 5.78. The van der Waals surface area contributed by atoms with Crippen LogP contribution in [0.15, 0.2) is 35.3 Å². The van der Waals surface area contributed by atoms with Crippen LogP contribution < -0.4 is 5.56 Å². The summed E-state index contributed by atoms with van der Waals surface area (Å²) < 4.78 is 102. The average Bonchev–Trinajstić information content (AvgIpc) is 2.37. The summed E-state index contributed by atoms with van der Waals surface area (Å²) in [6.45, 7) is 0. The topological polar surface area (TPSA) is 22.0 Å². The van der Waals surface area contributed by atoms with Crippen LogP contribution in [0.2, 0.25) is 0 Å². The fraction of sp³-hybridized carbons (Fsp3) is 0.154. The van der Waals surface area contributed by atoms with Crippen molar-refractivity contribution < 1.29 is 35.1 Å². The summed E-state index contributed by atoms with van der Waals surface area (Å²) in [6.07, 6.45) is -9.44. The molecule has 0 radical (unpaired) electrons. The molecule has 0 amide bonds. The van der Waals surface area contributed by atoms with E-state index in [1.54, 1.807) is 0 Å². The second-order valence-electron chi connectivity index (χ2n) is 4.41. The van der Waals surface area contributed by atoms with E-state index in [2.05, 4.69) is 0 Å². The molecule has 2 nitrogen and oxygen atoms in total. The number of rotatable bonds is 1. The Kier molecular flexibility index (Phi) is 3.95. The van der Waals surface area contributed by atoms with Gasteiger partial charge in [0, 0.05) is 12.3 Å². The molecule has 0 aliphatic heterocycles. The van der Waals surface area contributed by atoms with Gasteiger partial charge in [-0.2, -0.15) is 26.3 Å². The predicted octanol–water partition coefficient (Wildman–Crippen LogP) is 4.15. The summed E-state index contributed by atoms with van der Waals surface area (Å²) in [6, 6.07) is 0.347. The van der Waals surface area contributed by atoms with Gasteiger partial charge in [0.1, 0.15) is 5.69 Å². The van der Waals surface area contributed by atoms with Gasteiger partial charge in [0.25, 0.3) is 5.56 Å². The fourth-order valence-electron chi connectivity index (χ4n) is 1.80. The van der Waals surface area contributed by atoms with Crippen molar-refractivity contribution >= 4 is 0 Å². The van der Waals surface area contributed by atoms with E-state index in [4.69, 9.17) is 0 Å². The lowest BCUT2D eigenvalue weighted by Gasteiger charge is -2.13. The lowest BCUT2D eigenvalue weighted by atomic mass is 10.1. The van der Waals surface area contributed by atoms with Crippen LogP contribution in [0.25, 0.3) is 5.69 Å². The van der Waals surface area contributed by atoms with E-state index in [0.29, 0.717) is 12.3 Å². The third kappa shape index (κ3) is 3.35. The Balaban J connectivity index is 2.62. The van der Waals surface area contributed by atoms with Gasteiger partial charge >= 0.3 is 12.4 Å². The molecule has 10 heteroatoms. The van der Waals surface area contributed by atoms with Gasteiger partial charge in [-0.1, -0.05) is 0 Å². The molecule has 0 saturated carbocycles. The Bertz CT molecular complexity index is 780. The van der Waals surface area contributed by atoms with Crippen molar-refractivity contribution in [3.63, 3.8) is 0 Å². The Morgan fingerprint density at radius 3 is 1.65 bits per heavy atom. The molecule has 0 aliphatic rings. The summed E-state index contributed by atoms with van der Waals surface area (Å²) in [5.41, 5.74) is -5.63. The number of hydrogen-bond acceptors (Lipinski definition) is 1. The van der Waals surface area contributed by atoms with Crippen LogP contribution in [0, 0.1) is 11.6 Å². The molecule has 0 aliphatic carbocycles. The first-order valence-corrected chi connectivity index (χ1v) is 5.78. The minimum Gasteiger partial charge on any atom is -0.279 e. The number of alkyl halides is 6. The smallest absolute Gasteiger partial charge is 0.279 e. The van der Waals surface area contributed by atoms with Crippen molar-refractivity contribution in [2.24, 2.45) is 0 Å². The zero-order valence-electron chi connectivity index (χ0n) is 10.8. The summed E-state index contributed by atoms with van der Waals surface area (Å²) in [5.74, 6) is -3.47. The molecule has 0 fully saturated rings. The van der Waals surface area contributed by atoms with Gasteiger partial charge in [0.05, 0.1) is 11.1 Å². The van der Waals surface area contributed by atoms with E-state index >= 15 is 0 Å². The van der Waals surface area contributed by atoms with Crippen molar-refractivity contribution in [1.29, 1.82) is 0 Å². The molecule has 1 heterocycles. The predicted molar refractivity (Wildman–Crippen MR) is 62.0 cm³/mol. The van der Waals surface area contributed by atoms with Gasteiger partial charge in [0.15, 0.2) is 11.6 Å². The van der Waals surface area contributed by atoms with Crippen LogP contribution in [-0.2, 0) is 12.4 Å². The largest absolute Gasteiger partial charge is 0.416 e. The molecule has 0 bridgehead atoms. The molecular weight excluding hydrogens is 338 g/mol. The normalized spacial score (nSPS) is 12.5. The first kappa shape index (κ1) is 17.0. The van der Waals surface area contributed by atoms with Crippen LogP contribution >= 0.6 is 0 Å². The highest BCUT2D eigenvalue weighted by Gasteiger charge is 2.34. The van der Waals surface area contributed by atoms with Gasteiger partial charge < -0.3 is 0 Å². The molecule has 0 atom stereocenters. The summed E-state index contributed by atoms with van der Waals surface area (Å²) >= 11 is 0. The molecule has 1 aromatic heterocycles. The van der Waals surface area contributed by atoms with Gasteiger partial charge in [-0.05, 0) is 18.2 Å². The van der Waals surface area contributed by atoms with Crippen LogP contribution in [-0.4, -0.2) is 4.57 Å². The van der Waals surface area contributed by atoms with E-state index in [-0.39, 0.29) is 22.8 Å². The van der Waals surface area contributed by atoms with Gasteiger partial charge in [-0.25, -0.2) is 8.78 Å². The van der Waals surface area contributed by atoms with Crippen LogP contribution in [0.5, 0.6) is 0 Å². The maximum absolute atomic E-state index is 13.7. The minimum absolute atomic E-state index is 0.0531. The summed E-state index contributed by atoms with van der Waals surface area (Å²) in [7, 11) is 0. The Labute approximate surface area is 122 Å². The SMILES string of the molecule is O=c1cc(C(F)(F)F)ccn1-c1c(F)cc(C(F)(F)F)cc1F. The number of benzene rings is 1. The highest BCUT2D eigenvalue weighted by Crippen LogP contribution is 2.32. The Morgan fingerprint density at radius 2 is 1.26 bits per heavy atom. The molecule has 0 saturated heterocycles. The maximum atomic E-state index is 13.7. The van der Waals surface area contributed by atoms with Crippen molar-refractivity contribution in [2.75, 3.05) is 0 Å². The first-order chi connectivity index (χ1) is 10.4. The second kappa shape index (κ2) is 5.36. The molecular formula is C13H5F8NO. The van der Waals surface area contributed by atoms with Crippen LogP contribution in [0.4, 0.5) is 35.1 Å². The quantitative estimate of drug-likeness (QED) is 0.713.